The zero-order valence-electron chi connectivity index (χ0n) is 10.3. The molecule has 0 radical (unpaired) electrons. The molecule has 1 saturated heterocycles. The molecule has 0 spiro atoms. The average molecular weight is 234 g/mol. The first-order chi connectivity index (χ1) is 8.09. The van der Waals surface area contributed by atoms with Crippen LogP contribution in [0.4, 0.5) is 0 Å². The lowest BCUT2D eigenvalue weighted by molar-refractivity contribution is 0.0510. The average Bonchev–Trinajstić information content (AvgIpc) is 2.29. The Labute approximate surface area is 101 Å². The van der Waals surface area contributed by atoms with E-state index >= 15 is 0 Å². The highest BCUT2D eigenvalue weighted by atomic mass is 16.2. The molecular weight excluding hydrogens is 216 g/mol. The van der Waals surface area contributed by atoms with Crippen molar-refractivity contribution in [2.45, 2.75) is 45.2 Å². The Hall–Kier alpha value is -1.58. The van der Waals surface area contributed by atoms with Crippen LogP contribution in [-0.4, -0.2) is 27.9 Å². The van der Waals surface area contributed by atoms with Gasteiger partial charge in [0.05, 0.1) is 5.56 Å². The summed E-state index contributed by atoms with van der Waals surface area (Å²) in [4.78, 5) is 27.8. The van der Waals surface area contributed by atoms with Crippen molar-refractivity contribution in [3.05, 3.63) is 34.2 Å². The maximum atomic E-state index is 12.3. The molecule has 0 unspecified atom stereocenters. The molecule has 92 valence electrons. The molecular formula is C13H18N2O2. The van der Waals surface area contributed by atoms with E-state index in [4.69, 9.17) is 0 Å². The number of aromatic amines is 1. The van der Waals surface area contributed by atoms with Crippen molar-refractivity contribution in [3.63, 3.8) is 0 Å². The van der Waals surface area contributed by atoms with E-state index < -0.39 is 0 Å². The lowest BCUT2D eigenvalue weighted by Gasteiger charge is -2.39. The summed E-state index contributed by atoms with van der Waals surface area (Å²) >= 11 is 0. The van der Waals surface area contributed by atoms with Gasteiger partial charge >= 0.3 is 0 Å². The molecule has 17 heavy (non-hydrogen) atoms. The van der Waals surface area contributed by atoms with Crippen LogP contribution in [0.25, 0.3) is 0 Å². The Balaban J connectivity index is 2.23. The Morgan fingerprint density at radius 2 is 1.94 bits per heavy atom. The monoisotopic (exact) mass is 234 g/mol. The van der Waals surface area contributed by atoms with Crippen LogP contribution < -0.4 is 5.56 Å². The van der Waals surface area contributed by atoms with Gasteiger partial charge in [-0.2, -0.15) is 0 Å². The van der Waals surface area contributed by atoms with Crippen molar-refractivity contribution in [3.8, 4) is 0 Å². The Morgan fingerprint density at radius 3 is 2.47 bits per heavy atom. The van der Waals surface area contributed by atoms with Gasteiger partial charge in [0.1, 0.15) is 0 Å². The molecule has 1 aliphatic heterocycles. The molecule has 1 aromatic heterocycles. The summed E-state index contributed by atoms with van der Waals surface area (Å²) in [7, 11) is 0. The van der Waals surface area contributed by atoms with E-state index in [2.05, 4.69) is 18.8 Å². The summed E-state index contributed by atoms with van der Waals surface area (Å²) in [5.74, 6) is 0.0148. The molecule has 1 N–H and O–H groups in total. The minimum absolute atomic E-state index is 0.0148. The first-order valence-electron chi connectivity index (χ1n) is 6.11. The molecule has 1 aromatic rings. The summed E-state index contributed by atoms with van der Waals surface area (Å²) in [5, 5.41) is 0. The number of pyridine rings is 1. The Kier molecular flexibility index (Phi) is 3.31. The van der Waals surface area contributed by atoms with Gasteiger partial charge in [-0.1, -0.05) is 0 Å². The number of likely N-dealkylation sites (tertiary alicyclic amines) is 1. The SMILES string of the molecule is C[C@@H]1CCC[C@H](C)N1C(=O)c1ccc(=O)[nH]c1. The topological polar surface area (TPSA) is 53.2 Å². The highest BCUT2D eigenvalue weighted by Gasteiger charge is 2.29. The minimum atomic E-state index is -0.179. The first-order valence-corrected chi connectivity index (χ1v) is 6.11. The fourth-order valence-electron chi connectivity index (χ4n) is 2.51. The summed E-state index contributed by atoms with van der Waals surface area (Å²) < 4.78 is 0. The zero-order valence-corrected chi connectivity index (χ0v) is 10.3. The molecule has 1 aliphatic rings. The van der Waals surface area contributed by atoms with Gasteiger partial charge in [0, 0.05) is 24.3 Å². The molecule has 2 heterocycles. The molecule has 0 bridgehead atoms. The van der Waals surface area contributed by atoms with Gasteiger partial charge in [-0.15, -0.1) is 0 Å². The van der Waals surface area contributed by atoms with Gasteiger partial charge in [0.15, 0.2) is 0 Å². The van der Waals surface area contributed by atoms with E-state index in [1.807, 2.05) is 4.90 Å². The second-order valence-electron chi connectivity index (χ2n) is 4.78. The van der Waals surface area contributed by atoms with Crippen molar-refractivity contribution in [1.29, 1.82) is 0 Å². The van der Waals surface area contributed by atoms with Gasteiger partial charge in [-0.3, -0.25) is 9.59 Å². The predicted octanol–water partition coefficient (Wildman–Crippen LogP) is 1.78. The van der Waals surface area contributed by atoms with Crippen molar-refractivity contribution >= 4 is 5.91 Å². The summed E-state index contributed by atoms with van der Waals surface area (Å²) in [6.07, 6.45) is 4.79. The van der Waals surface area contributed by atoms with E-state index in [0.717, 1.165) is 12.8 Å². The van der Waals surface area contributed by atoms with Crippen LogP contribution in [0.15, 0.2) is 23.1 Å². The zero-order chi connectivity index (χ0) is 12.4. The molecule has 2 rings (SSSR count). The minimum Gasteiger partial charge on any atom is -0.333 e. The number of amides is 1. The third-order valence-electron chi connectivity index (χ3n) is 3.46. The van der Waals surface area contributed by atoms with E-state index in [0.29, 0.717) is 5.56 Å². The van der Waals surface area contributed by atoms with Crippen molar-refractivity contribution < 1.29 is 4.79 Å². The highest BCUT2D eigenvalue weighted by Crippen LogP contribution is 2.24. The quantitative estimate of drug-likeness (QED) is 0.805. The number of aromatic nitrogens is 1. The van der Waals surface area contributed by atoms with Crippen LogP contribution >= 0.6 is 0 Å². The van der Waals surface area contributed by atoms with Crippen LogP contribution in [0.5, 0.6) is 0 Å². The first kappa shape index (κ1) is 11.9. The fraction of sp³-hybridized carbons (Fsp3) is 0.538. The standard InChI is InChI=1S/C13H18N2O2/c1-9-4-3-5-10(2)15(9)13(17)11-6-7-12(16)14-8-11/h6-10H,3-5H2,1-2H3,(H,14,16)/t9-,10+. The number of rotatable bonds is 1. The van der Waals surface area contributed by atoms with E-state index in [1.54, 1.807) is 6.07 Å². The van der Waals surface area contributed by atoms with Gasteiger partial charge in [0.2, 0.25) is 5.56 Å². The van der Waals surface area contributed by atoms with Crippen molar-refractivity contribution in [2.75, 3.05) is 0 Å². The van der Waals surface area contributed by atoms with E-state index in [-0.39, 0.29) is 23.6 Å². The number of nitrogens with one attached hydrogen (secondary N) is 1. The lowest BCUT2D eigenvalue weighted by atomic mass is 9.96. The molecule has 0 aromatic carbocycles. The van der Waals surface area contributed by atoms with Gasteiger partial charge in [0.25, 0.3) is 5.91 Å². The number of nitrogens with zero attached hydrogens (tertiary/aromatic N) is 1. The third-order valence-corrected chi connectivity index (χ3v) is 3.46. The van der Waals surface area contributed by atoms with Crippen LogP contribution in [0.2, 0.25) is 0 Å². The van der Waals surface area contributed by atoms with Gasteiger partial charge in [-0.25, -0.2) is 0 Å². The highest BCUT2D eigenvalue weighted by molar-refractivity contribution is 5.94. The summed E-state index contributed by atoms with van der Waals surface area (Å²) in [6, 6.07) is 3.54. The molecule has 4 heteroatoms. The molecule has 1 amide bonds. The third kappa shape index (κ3) is 2.40. The van der Waals surface area contributed by atoms with Gasteiger partial charge < -0.3 is 9.88 Å². The number of H-pyrrole nitrogens is 1. The van der Waals surface area contributed by atoms with Crippen LogP contribution in [0.3, 0.4) is 0 Å². The van der Waals surface area contributed by atoms with E-state index in [9.17, 15) is 9.59 Å². The molecule has 1 fully saturated rings. The second-order valence-corrected chi connectivity index (χ2v) is 4.78. The summed E-state index contributed by atoms with van der Waals surface area (Å²) in [5.41, 5.74) is 0.381. The van der Waals surface area contributed by atoms with Crippen molar-refractivity contribution in [1.82, 2.24) is 9.88 Å². The van der Waals surface area contributed by atoms with Crippen LogP contribution in [0, 0.1) is 0 Å². The van der Waals surface area contributed by atoms with Crippen LogP contribution in [-0.2, 0) is 0 Å². The molecule has 4 nitrogen and oxygen atoms in total. The normalized spacial score (nSPS) is 24.7. The number of hydrogen-bond acceptors (Lipinski definition) is 2. The fourth-order valence-corrected chi connectivity index (χ4v) is 2.51. The predicted molar refractivity (Wildman–Crippen MR) is 66.0 cm³/mol. The number of carbonyl (C=O) groups is 1. The largest absolute Gasteiger partial charge is 0.333 e. The lowest BCUT2D eigenvalue weighted by Crippen LogP contribution is -2.47. The van der Waals surface area contributed by atoms with Gasteiger partial charge in [-0.05, 0) is 39.2 Å². The van der Waals surface area contributed by atoms with Crippen LogP contribution in [0.1, 0.15) is 43.5 Å². The second kappa shape index (κ2) is 4.73. The maximum Gasteiger partial charge on any atom is 0.255 e. The van der Waals surface area contributed by atoms with E-state index in [1.165, 1.54) is 18.7 Å². The summed E-state index contributed by atoms with van der Waals surface area (Å²) in [6.45, 7) is 4.17. The molecule has 0 saturated carbocycles. The Morgan fingerprint density at radius 1 is 1.29 bits per heavy atom. The molecule has 2 atom stereocenters. The number of hydrogen-bond donors (Lipinski definition) is 1. The number of piperidine rings is 1. The number of carbonyl (C=O) groups excluding carboxylic acids is 1. The van der Waals surface area contributed by atoms with Crippen molar-refractivity contribution in [2.24, 2.45) is 0 Å². The molecule has 0 aliphatic carbocycles. The smallest absolute Gasteiger partial charge is 0.255 e. The Bertz CT molecular complexity index is 436. The maximum absolute atomic E-state index is 12.3.